The number of nitrogens with zero attached hydrogens (tertiary/aromatic N) is 2. The number of anilines is 1. The van der Waals surface area contributed by atoms with E-state index in [9.17, 15) is 23.1 Å². The van der Waals surface area contributed by atoms with E-state index in [0.29, 0.717) is 0 Å². The van der Waals surface area contributed by atoms with E-state index in [4.69, 9.17) is 39.5 Å². The second-order valence-corrected chi connectivity index (χ2v) is 11.8. The smallest absolute Gasteiger partial charge is 0.265 e. The number of carbonyl (C=O) groups is 2. The lowest BCUT2D eigenvalue weighted by atomic mass is 10.1. The molecule has 1 N–H and O–H groups in total. The number of fused-ring (bicyclic) bond motifs is 1. The van der Waals surface area contributed by atoms with Crippen molar-refractivity contribution >= 4 is 62.2 Å². The van der Waals surface area contributed by atoms with Crippen LogP contribution in [0.15, 0.2) is 59.5 Å². The molecule has 1 aliphatic rings. The zero-order chi connectivity index (χ0) is 27.6. The Kier molecular flexibility index (Phi) is 8.64. The van der Waals surface area contributed by atoms with E-state index < -0.39 is 22.2 Å². The van der Waals surface area contributed by atoms with Gasteiger partial charge in [0.1, 0.15) is 12.2 Å². The highest BCUT2D eigenvalue weighted by molar-refractivity contribution is 7.92. The van der Waals surface area contributed by atoms with Crippen LogP contribution in [0.25, 0.3) is 0 Å². The van der Waals surface area contributed by atoms with Crippen molar-refractivity contribution in [3.8, 4) is 5.75 Å². The Balaban J connectivity index is 1.70. The van der Waals surface area contributed by atoms with Gasteiger partial charge in [-0.3, -0.25) is 9.59 Å². The van der Waals surface area contributed by atoms with Crippen LogP contribution in [0.3, 0.4) is 0 Å². The first-order chi connectivity index (χ1) is 18.0. The van der Waals surface area contributed by atoms with E-state index in [0.717, 1.165) is 4.31 Å². The molecule has 200 valence electrons. The molecule has 0 amide bonds. The standard InChI is InChI=1S/C26H23Cl3N2O6S/c1-15(32)22(33)10-9-18-14-31(38(35,36)19-5-2-4-16(27)12-19)26-24(37-18)11-8-17(30-26)13-23(34)25-20(28)6-3-7-21(25)29/h2-8,11-12,15,18,32H,9-10,13-14H2,1H3/t15-,18-/m0/s1. The quantitative estimate of drug-likeness (QED) is 0.339. The highest BCUT2D eigenvalue weighted by Crippen LogP contribution is 2.37. The minimum atomic E-state index is -4.15. The van der Waals surface area contributed by atoms with Gasteiger partial charge < -0.3 is 9.84 Å². The van der Waals surface area contributed by atoms with Crippen LogP contribution in [-0.4, -0.2) is 48.8 Å². The Morgan fingerprint density at radius 1 is 1.11 bits per heavy atom. The predicted molar refractivity (Wildman–Crippen MR) is 145 cm³/mol. The van der Waals surface area contributed by atoms with Crippen molar-refractivity contribution in [2.24, 2.45) is 0 Å². The number of hydrogen-bond acceptors (Lipinski definition) is 7. The van der Waals surface area contributed by atoms with Crippen LogP contribution in [-0.2, 0) is 21.2 Å². The zero-order valence-corrected chi connectivity index (χ0v) is 23.2. The maximum atomic E-state index is 13.7. The molecule has 1 aliphatic heterocycles. The Morgan fingerprint density at radius 3 is 2.45 bits per heavy atom. The van der Waals surface area contributed by atoms with E-state index in [2.05, 4.69) is 4.98 Å². The fourth-order valence-corrected chi connectivity index (χ4v) is 6.34. The zero-order valence-electron chi connectivity index (χ0n) is 20.1. The van der Waals surface area contributed by atoms with Crippen molar-refractivity contribution in [3.63, 3.8) is 0 Å². The molecule has 2 heterocycles. The Bertz CT molecular complexity index is 1480. The monoisotopic (exact) mass is 596 g/mol. The van der Waals surface area contributed by atoms with Crippen LogP contribution >= 0.6 is 34.8 Å². The normalized spacial score (nSPS) is 15.9. The van der Waals surface area contributed by atoms with Crippen molar-refractivity contribution in [1.29, 1.82) is 0 Å². The van der Waals surface area contributed by atoms with Crippen LogP contribution in [0.4, 0.5) is 5.82 Å². The first-order valence-corrected chi connectivity index (χ1v) is 14.2. The largest absolute Gasteiger partial charge is 0.485 e. The summed E-state index contributed by atoms with van der Waals surface area (Å²) in [7, 11) is -4.15. The molecule has 0 spiro atoms. The second kappa shape index (κ2) is 11.6. The Hall–Kier alpha value is -2.69. The molecule has 0 bridgehead atoms. The molecule has 8 nitrogen and oxygen atoms in total. The first-order valence-electron chi connectivity index (χ1n) is 11.6. The lowest BCUT2D eigenvalue weighted by molar-refractivity contribution is -0.126. The molecular weight excluding hydrogens is 575 g/mol. The highest BCUT2D eigenvalue weighted by atomic mass is 35.5. The van der Waals surface area contributed by atoms with Crippen molar-refractivity contribution in [2.45, 2.75) is 43.3 Å². The molecule has 2 atom stereocenters. The summed E-state index contributed by atoms with van der Waals surface area (Å²) in [5, 5.41) is 10.2. The predicted octanol–water partition coefficient (Wildman–Crippen LogP) is 5.15. The third-order valence-corrected chi connectivity index (χ3v) is 8.56. The van der Waals surface area contributed by atoms with Crippen molar-refractivity contribution in [3.05, 3.63) is 80.9 Å². The average Bonchev–Trinajstić information content (AvgIpc) is 2.86. The average molecular weight is 598 g/mol. The van der Waals surface area contributed by atoms with Gasteiger partial charge in [-0.1, -0.05) is 46.9 Å². The number of aromatic nitrogens is 1. The number of carbonyl (C=O) groups excluding carboxylic acids is 2. The van der Waals surface area contributed by atoms with Gasteiger partial charge in [0, 0.05) is 11.4 Å². The van der Waals surface area contributed by atoms with Gasteiger partial charge in [-0.15, -0.1) is 0 Å². The minimum Gasteiger partial charge on any atom is -0.485 e. The molecule has 4 rings (SSSR count). The molecule has 0 saturated carbocycles. The van der Waals surface area contributed by atoms with Gasteiger partial charge in [0.05, 0.1) is 39.2 Å². The van der Waals surface area contributed by atoms with Gasteiger partial charge in [-0.05, 0) is 55.8 Å². The number of ether oxygens (including phenoxy) is 1. The number of aliphatic hydroxyl groups is 1. The van der Waals surface area contributed by atoms with E-state index >= 15 is 0 Å². The number of hydrogen-bond donors (Lipinski definition) is 1. The SMILES string of the molecule is C[C@H](O)C(=O)CC[C@H]1CN(S(=O)(=O)c2cccc(Cl)c2)c2nc(CC(=O)c3c(Cl)cccc3Cl)ccc2O1. The number of ketones is 2. The molecule has 38 heavy (non-hydrogen) atoms. The summed E-state index contributed by atoms with van der Waals surface area (Å²) < 4.78 is 34.5. The number of sulfonamides is 1. The number of rotatable bonds is 9. The van der Waals surface area contributed by atoms with Gasteiger partial charge in [-0.2, -0.15) is 0 Å². The molecule has 12 heteroatoms. The Labute approximate surface area is 235 Å². The summed E-state index contributed by atoms with van der Waals surface area (Å²) in [5.74, 6) is -0.598. The summed E-state index contributed by atoms with van der Waals surface area (Å²) in [5.41, 5.74) is 0.431. The third kappa shape index (κ3) is 6.13. The van der Waals surface area contributed by atoms with Crippen LogP contribution in [0.1, 0.15) is 35.8 Å². The van der Waals surface area contributed by atoms with Crippen LogP contribution in [0.2, 0.25) is 15.1 Å². The molecule has 0 unspecified atom stereocenters. The molecule has 0 fully saturated rings. The first kappa shape index (κ1) is 28.3. The summed E-state index contributed by atoms with van der Waals surface area (Å²) in [6.07, 6.45) is -1.83. The molecule has 1 aromatic heterocycles. The van der Waals surface area contributed by atoms with E-state index in [1.54, 1.807) is 30.3 Å². The third-order valence-electron chi connectivity index (χ3n) is 5.94. The molecule has 0 saturated heterocycles. The van der Waals surface area contributed by atoms with Gasteiger partial charge in [0.15, 0.2) is 23.1 Å². The fourth-order valence-electron chi connectivity index (χ4n) is 3.98. The Morgan fingerprint density at radius 2 is 1.79 bits per heavy atom. The van der Waals surface area contributed by atoms with Crippen LogP contribution < -0.4 is 9.04 Å². The molecule has 0 radical (unpaired) electrons. The second-order valence-electron chi connectivity index (χ2n) is 8.74. The van der Waals surface area contributed by atoms with Gasteiger partial charge >= 0.3 is 0 Å². The topological polar surface area (TPSA) is 114 Å². The van der Waals surface area contributed by atoms with E-state index in [-0.39, 0.29) is 80.2 Å². The summed E-state index contributed by atoms with van der Waals surface area (Å²) in [4.78, 5) is 29.4. The summed E-state index contributed by atoms with van der Waals surface area (Å²) in [6, 6.07) is 13.6. The number of halogens is 3. The number of Topliss-reactive ketones (excluding diaryl/α,β-unsaturated/α-hetero) is 2. The summed E-state index contributed by atoms with van der Waals surface area (Å²) >= 11 is 18.4. The van der Waals surface area contributed by atoms with Crippen molar-refractivity contribution < 1.29 is 27.9 Å². The minimum absolute atomic E-state index is 0.00126. The van der Waals surface area contributed by atoms with E-state index in [1.807, 2.05) is 0 Å². The highest BCUT2D eigenvalue weighted by Gasteiger charge is 2.36. The van der Waals surface area contributed by atoms with Crippen LogP contribution in [0, 0.1) is 0 Å². The lowest BCUT2D eigenvalue weighted by Crippen LogP contribution is -2.44. The molecule has 0 aliphatic carbocycles. The van der Waals surface area contributed by atoms with Crippen molar-refractivity contribution in [1.82, 2.24) is 4.98 Å². The van der Waals surface area contributed by atoms with E-state index in [1.165, 1.54) is 31.2 Å². The van der Waals surface area contributed by atoms with Gasteiger partial charge in [0.25, 0.3) is 10.0 Å². The van der Waals surface area contributed by atoms with Gasteiger partial charge in [0.2, 0.25) is 0 Å². The maximum absolute atomic E-state index is 13.7. The molecule has 3 aromatic rings. The number of aliphatic hydroxyl groups excluding tert-OH is 1. The molecule has 2 aromatic carbocycles. The number of benzene rings is 2. The van der Waals surface area contributed by atoms with Crippen molar-refractivity contribution in [2.75, 3.05) is 10.8 Å². The van der Waals surface area contributed by atoms with Gasteiger partial charge in [-0.25, -0.2) is 17.7 Å². The fraction of sp³-hybridized carbons (Fsp3) is 0.269. The molecular formula is C26H23Cl3N2O6S. The summed E-state index contributed by atoms with van der Waals surface area (Å²) in [6.45, 7) is 1.23. The number of pyridine rings is 1. The van der Waals surface area contributed by atoms with Crippen LogP contribution in [0.5, 0.6) is 5.75 Å². The lowest BCUT2D eigenvalue weighted by Gasteiger charge is -2.34. The maximum Gasteiger partial charge on any atom is 0.265 e.